The molecule has 18 heavy (non-hydrogen) atoms. The molecule has 1 unspecified atom stereocenters. The molecule has 2 rings (SSSR count). The smallest absolute Gasteiger partial charge is 0.119 e. The molecule has 1 aliphatic rings. The number of ether oxygens (including phenoxy) is 2. The fourth-order valence-electron chi connectivity index (χ4n) is 2.15. The zero-order chi connectivity index (χ0) is 12.8. The highest BCUT2D eigenvalue weighted by Crippen LogP contribution is 2.19. The summed E-state index contributed by atoms with van der Waals surface area (Å²) in [6.07, 6.45) is 2.68. The standard InChI is InChI=1S/C15H23NO2/c1-12(2)18-15-7-5-14(6-8-15)16-10-13-4-3-9-17-11-13/h5-8,12-13,16H,3-4,9-11H2,1-2H3. The van der Waals surface area contributed by atoms with E-state index in [4.69, 9.17) is 9.47 Å². The summed E-state index contributed by atoms with van der Waals surface area (Å²) >= 11 is 0. The van der Waals surface area contributed by atoms with Gasteiger partial charge in [0.25, 0.3) is 0 Å². The van der Waals surface area contributed by atoms with Crippen molar-refractivity contribution in [3.8, 4) is 5.75 Å². The molecule has 1 aliphatic heterocycles. The van der Waals surface area contributed by atoms with Crippen LogP contribution in [0.2, 0.25) is 0 Å². The van der Waals surface area contributed by atoms with Crippen molar-refractivity contribution in [2.24, 2.45) is 5.92 Å². The number of hydrogen-bond donors (Lipinski definition) is 1. The summed E-state index contributed by atoms with van der Waals surface area (Å²) in [6.45, 7) is 6.88. The van der Waals surface area contributed by atoms with E-state index >= 15 is 0 Å². The summed E-state index contributed by atoms with van der Waals surface area (Å²) in [6, 6.07) is 8.17. The van der Waals surface area contributed by atoms with Crippen molar-refractivity contribution < 1.29 is 9.47 Å². The Bertz CT molecular complexity index is 342. The Morgan fingerprint density at radius 1 is 1.33 bits per heavy atom. The summed E-state index contributed by atoms with van der Waals surface area (Å²) in [7, 11) is 0. The van der Waals surface area contributed by atoms with E-state index in [2.05, 4.69) is 17.4 Å². The predicted octanol–water partition coefficient (Wildman–Crippen LogP) is 3.31. The van der Waals surface area contributed by atoms with E-state index in [1.807, 2.05) is 26.0 Å². The van der Waals surface area contributed by atoms with Crippen molar-refractivity contribution in [3.63, 3.8) is 0 Å². The number of benzene rings is 1. The normalized spacial score (nSPS) is 19.8. The molecule has 1 aromatic carbocycles. The second-order valence-electron chi connectivity index (χ2n) is 5.16. The SMILES string of the molecule is CC(C)Oc1ccc(NCC2CCCOC2)cc1. The van der Waals surface area contributed by atoms with E-state index in [1.165, 1.54) is 12.8 Å². The molecule has 0 saturated carbocycles. The van der Waals surface area contributed by atoms with Crippen LogP contribution in [0.5, 0.6) is 5.75 Å². The van der Waals surface area contributed by atoms with Gasteiger partial charge in [-0.1, -0.05) is 0 Å². The van der Waals surface area contributed by atoms with Crippen molar-refractivity contribution in [1.29, 1.82) is 0 Å². The summed E-state index contributed by atoms with van der Waals surface area (Å²) < 4.78 is 11.1. The third-order valence-electron chi connectivity index (χ3n) is 3.08. The first-order valence-electron chi connectivity index (χ1n) is 6.82. The average Bonchev–Trinajstić information content (AvgIpc) is 2.38. The second kappa shape index (κ2) is 6.64. The molecule has 0 amide bonds. The van der Waals surface area contributed by atoms with Crippen LogP contribution >= 0.6 is 0 Å². The van der Waals surface area contributed by atoms with Crippen molar-refractivity contribution in [2.45, 2.75) is 32.8 Å². The molecule has 3 nitrogen and oxygen atoms in total. The maximum atomic E-state index is 5.62. The van der Waals surface area contributed by atoms with Crippen molar-refractivity contribution >= 4 is 5.69 Å². The molecule has 1 heterocycles. The quantitative estimate of drug-likeness (QED) is 0.868. The van der Waals surface area contributed by atoms with Crippen LogP contribution in [0.4, 0.5) is 5.69 Å². The molecular weight excluding hydrogens is 226 g/mol. The van der Waals surface area contributed by atoms with E-state index in [-0.39, 0.29) is 6.10 Å². The first-order valence-corrected chi connectivity index (χ1v) is 6.82. The second-order valence-corrected chi connectivity index (χ2v) is 5.16. The first kappa shape index (κ1) is 13.2. The van der Waals surface area contributed by atoms with Crippen LogP contribution in [-0.2, 0) is 4.74 Å². The molecule has 0 spiro atoms. The minimum Gasteiger partial charge on any atom is -0.491 e. The lowest BCUT2D eigenvalue weighted by Gasteiger charge is -2.22. The fourth-order valence-corrected chi connectivity index (χ4v) is 2.15. The van der Waals surface area contributed by atoms with Crippen LogP contribution in [-0.4, -0.2) is 25.9 Å². The van der Waals surface area contributed by atoms with E-state index in [0.29, 0.717) is 5.92 Å². The number of rotatable bonds is 5. The van der Waals surface area contributed by atoms with Crippen LogP contribution in [0, 0.1) is 5.92 Å². The summed E-state index contributed by atoms with van der Waals surface area (Å²) in [4.78, 5) is 0. The lowest BCUT2D eigenvalue weighted by atomic mass is 10.0. The Kier molecular flexibility index (Phi) is 4.88. The number of hydrogen-bond acceptors (Lipinski definition) is 3. The predicted molar refractivity (Wildman–Crippen MR) is 74.2 cm³/mol. The van der Waals surface area contributed by atoms with Crippen LogP contribution in [0.15, 0.2) is 24.3 Å². The Balaban J connectivity index is 1.78. The third kappa shape index (κ3) is 4.22. The minimum absolute atomic E-state index is 0.225. The van der Waals surface area contributed by atoms with Crippen molar-refractivity contribution in [3.05, 3.63) is 24.3 Å². The fraction of sp³-hybridized carbons (Fsp3) is 0.600. The lowest BCUT2D eigenvalue weighted by molar-refractivity contribution is 0.0595. The van der Waals surface area contributed by atoms with Gasteiger partial charge in [-0.2, -0.15) is 0 Å². The molecule has 1 saturated heterocycles. The largest absolute Gasteiger partial charge is 0.491 e. The number of anilines is 1. The number of nitrogens with one attached hydrogen (secondary N) is 1. The van der Waals surface area contributed by atoms with E-state index < -0.39 is 0 Å². The van der Waals surface area contributed by atoms with E-state index in [9.17, 15) is 0 Å². The van der Waals surface area contributed by atoms with Gasteiger partial charge in [-0.25, -0.2) is 0 Å². The van der Waals surface area contributed by atoms with Gasteiger partial charge in [0.05, 0.1) is 12.7 Å². The zero-order valence-corrected chi connectivity index (χ0v) is 11.3. The highest BCUT2D eigenvalue weighted by molar-refractivity contribution is 5.46. The van der Waals surface area contributed by atoms with Gasteiger partial charge in [-0.05, 0) is 56.9 Å². The summed E-state index contributed by atoms with van der Waals surface area (Å²) in [5.74, 6) is 1.57. The van der Waals surface area contributed by atoms with Gasteiger partial charge >= 0.3 is 0 Å². The van der Waals surface area contributed by atoms with E-state index in [0.717, 1.165) is 31.2 Å². The van der Waals surface area contributed by atoms with Crippen molar-refractivity contribution in [2.75, 3.05) is 25.1 Å². The highest BCUT2D eigenvalue weighted by Gasteiger charge is 2.13. The van der Waals surface area contributed by atoms with Gasteiger partial charge < -0.3 is 14.8 Å². The Labute approximate surface area is 109 Å². The molecule has 0 aliphatic carbocycles. The van der Waals surface area contributed by atoms with Gasteiger partial charge in [0.2, 0.25) is 0 Å². The van der Waals surface area contributed by atoms with E-state index in [1.54, 1.807) is 0 Å². The highest BCUT2D eigenvalue weighted by atomic mass is 16.5. The Morgan fingerprint density at radius 2 is 2.11 bits per heavy atom. The molecule has 100 valence electrons. The molecule has 1 atom stereocenters. The van der Waals surface area contributed by atoms with Gasteiger partial charge in [0.15, 0.2) is 0 Å². The molecule has 0 aromatic heterocycles. The minimum atomic E-state index is 0.225. The summed E-state index contributed by atoms with van der Waals surface area (Å²) in [5, 5.41) is 3.46. The lowest BCUT2D eigenvalue weighted by Crippen LogP contribution is -2.24. The molecule has 1 aromatic rings. The monoisotopic (exact) mass is 249 g/mol. The van der Waals surface area contributed by atoms with Gasteiger partial charge in [0.1, 0.15) is 5.75 Å². The Hall–Kier alpha value is -1.22. The molecule has 1 fully saturated rings. The molecule has 0 radical (unpaired) electrons. The topological polar surface area (TPSA) is 30.5 Å². The first-order chi connectivity index (χ1) is 8.74. The maximum Gasteiger partial charge on any atom is 0.119 e. The van der Waals surface area contributed by atoms with Crippen LogP contribution in [0.3, 0.4) is 0 Å². The Morgan fingerprint density at radius 3 is 2.72 bits per heavy atom. The molecule has 1 N–H and O–H groups in total. The van der Waals surface area contributed by atoms with Crippen LogP contribution in [0.1, 0.15) is 26.7 Å². The van der Waals surface area contributed by atoms with Gasteiger partial charge in [0, 0.05) is 18.8 Å². The van der Waals surface area contributed by atoms with Crippen LogP contribution < -0.4 is 10.1 Å². The van der Waals surface area contributed by atoms with Crippen molar-refractivity contribution in [1.82, 2.24) is 0 Å². The summed E-state index contributed by atoms with van der Waals surface area (Å²) in [5.41, 5.74) is 1.15. The van der Waals surface area contributed by atoms with Gasteiger partial charge in [-0.3, -0.25) is 0 Å². The molecule has 0 bridgehead atoms. The van der Waals surface area contributed by atoms with Gasteiger partial charge in [-0.15, -0.1) is 0 Å². The maximum absolute atomic E-state index is 5.62. The third-order valence-corrected chi connectivity index (χ3v) is 3.08. The molecular formula is C15H23NO2. The average molecular weight is 249 g/mol. The molecule has 3 heteroatoms. The van der Waals surface area contributed by atoms with Crippen LogP contribution in [0.25, 0.3) is 0 Å². The zero-order valence-electron chi connectivity index (χ0n) is 11.3.